The van der Waals surface area contributed by atoms with Gasteiger partial charge in [0.2, 0.25) is 0 Å². The van der Waals surface area contributed by atoms with Crippen LogP contribution in [0.3, 0.4) is 0 Å². The minimum Gasteiger partial charge on any atom is -0.328 e. The van der Waals surface area contributed by atoms with Crippen LogP contribution in [0.1, 0.15) is 65.2 Å². The second kappa shape index (κ2) is 6.44. The van der Waals surface area contributed by atoms with E-state index in [1.54, 1.807) is 0 Å². The van der Waals surface area contributed by atoms with Gasteiger partial charge in [-0.25, -0.2) is 0 Å². The molecular weight excluding hydrogens is 170 g/mol. The zero-order valence-corrected chi connectivity index (χ0v) is 9.97. The summed E-state index contributed by atoms with van der Waals surface area (Å²) in [6, 6.07) is 0.483. The van der Waals surface area contributed by atoms with Crippen LogP contribution in [0.5, 0.6) is 0 Å². The van der Waals surface area contributed by atoms with E-state index in [1.807, 2.05) is 0 Å². The van der Waals surface area contributed by atoms with Gasteiger partial charge in [0, 0.05) is 6.04 Å². The van der Waals surface area contributed by atoms with Gasteiger partial charge in [0.1, 0.15) is 0 Å². The fourth-order valence-corrected chi connectivity index (χ4v) is 2.58. The molecular formula is C13H27N. The molecule has 1 rings (SSSR count). The van der Waals surface area contributed by atoms with Gasteiger partial charge in [0.15, 0.2) is 0 Å². The van der Waals surface area contributed by atoms with Gasteiger partial charge in [-0.15, -0.1) is 0 Å². The number of rotatable bonds is 6. The minimum atomic E-state index is 0.483. The lowest BCUT2D eigenvalue weighted by atomic mass is 9.94. The van der Waals surface area contributed by atoms with Crippen molar-refractivity contribution < 1.29 is 0 Å². The molecule has 0 amide bonds. The van der Waals surface area contributed by atoms with Crippen molar-refractivity contribution in [2.24, 2.45) is 17.6 Å². The van der Waals surface area contributed by atoms with E-state index in [-0.39, 0.29) is 0 Å². The lowest BCUT2D eigenvalue weighted by Crippen LogP contribution is -2.22. The maximum absolute atomic E-state index is 6.14. The van der Waals surface area contributed by atoms with Crippen LogP contribution in [0, 0.1) is 11.8 Å². The third-order valence-electron chi connectivity index (χ3n) is 3.47. The molecule has 1 aliphatic rings. The van der Waals surface area contributed by atoms with Crippen LogP contribution in [0.4, 0.5) is 0 Å². The second-order valence-corrected chi connectivity index (χ2v) is 5.47. The zero-order chi connectivity index (χ0) is 10.4. The molecule has 2 N–H and O–H groups in total. The number of nitrogens with two attached hydrogens (primary N) is 1. The van der Waals surface area contributed by atoms with Crippen molar-refractivity contribution in [1.29, 1.82) is 0 Å². The normalized spacial score (nSPS) is 20.6. The SMILES string of the molecule is CC(C)CCCC(N)CC1CCCC1. The summed E-state index contributed by atoms with van der Waals surface area (Å²) in [5.41, 5.74) is 6.14. The Morgan fingerprint density at radius 3 is 2.36 bits per heavy atom. The van der Waals surface area contributed by atoms with Crippen molar-refractivity contribution in [2.45, 2.75) is 71.3 Å². The van der Waals surface area contributed by atoms with E-state index in [4.69, 9.17) is 5.73 Å². The Morgan fingerprint density at radius 1 is 1.14 bits per heavy atom. The molecule has 1 nitrogen and oxygen atoms in total. The number of hydrogen-bond donors (Lipinski definition) is 1. The highest BCUT2D eigenvalue weighted by molar-refractivity contribution is 4.73. The predicted molar refractivity (Wildman–Crippen MR) is 63.2 cm³/mol. The standard InChI is InChI=1S/C13H27N/c1-11(2)6-5-9-13(14)10-12-7-3-4-8-12/h11-13H,3-10,14H2,1-2H3. The second-order valence-electron chi connectivity index (χ2n) is 5.47. The average Bonchev–Trinajstić information content (AvgIpc) is 2.56. The molecule has 84 valence electrons. The van der Waals surface area contributed by atoms with E-state index in [9.17, 15) is 0 Å². The third kappa shape index (κ3) is 4.99. The van der Waals surface area contributed by atoms with Crippen molar-refractivity contribution in [2.75, 3.05) is 0 Å². The van der Waals surface area contributed by atoms with Crippen molar-refractivity contribution in [3.05, 3.63) is 0 Å². The molecule has 0 aromatic heterocycles. The highest BCUT2D eigenvalue weighted by Crippen LogP contribution is 2.29. The fourth-order valence-electron chi connectivity index (χ4n) is 2.58. The summed E-state index contributed by atoms with van der Waals surface area (Å²) in [4.78, 5) is 0. The summed E-state index contributed by atoms with van der Waals surface area (Å²) in [5.74, 6) is 1.80. The molecule has 1 fully saturated rings. The molecule has 0 spiro atoms. The lowest BCUT2D eigenvalue weighted by Gasteiger charge is -2.16. The van der Waals surface area contributed by atoms with E-state index >= 15 is 0 Å². The van der Waals surface area contributed by atoms with E-state index in [0.717, 1.165) is 11.8 Å². The maximum atomic E-state index is 6.14. The molecule has 1 saturated carbocycles. The molecule has 1 atom stereocenters. The molecule has 0 saturated heterocycles. The van der Waals surface area contributed by atoms with Crippen LogP contribution in [0.25, 0.3) is 0 Å². The van der Waals surface area contributed by atoms with Crippen molar-refractivity contribution in [1.82, 2.24) is 0 Å². The van der Waals surface area contributed by atoms with E-state index < -0.39 is 0 Å². The van der Waals surface area contributed by atoms with Gasteiger partial charge >= 0.3 is 0 Å². The molecule has 14 heavy (non-hydrogen) atoms. The maximum Gasteiger partial charge on any atom is 0.00414 e. The summed E-state index contributed by atoms with van der Waals surface area (Å²) in [7, 11) is 0. The topological polar surface area (TPSA) is 26.0 Å². The van der Waals surface area contributed by atoms with Gasteiger partial charge < -0.3 is 5.73 Å². The van der Waals surface area contributed by atoms with Gasteiger partial charge in [-0.3, -0.25) is 0 Å². The van der Waals surface area contributed by atoms with Crippen LogP contribution in [0.2, 0.25) is 0 Å². The minimum absolute atomic E-state index is 0.483. The Morgan fingerprint density at radius 2 is 1.79 bits per heavy atom. The Hall–Kier alpha value is -0.0400. The molecule has 0 aromatic carbocycles. The molecule has 0 aromatic rings. The predicted octanol–water partition coefficient (Wildman–Crippen LogP) is 3.72. The first-order valence-corrected chi connectivity index (χ1v) is 6.44. The largest absolute Gasteiger partial charge is 0.328 e. The van der Waals surface area contributed by atoms with E-state index in [1.165, 1.54) is 51.4 Å². The first-order valence-electron chi connectivity index (χ1n) is 6.44. The van der Waals surface area contributed by atoms with Gasteiger partial charge in [-0.2, -0.15) is 0 Å². The first-order chi connectivity index (χ1) is 6.68. The Kier molecular flexibility index (Phi) is 5.54. The summed E-state index contributed by atoms with van der Waals surface area (Å²) in [5, 5.41) is 0. The van der Waals surface area contributed by atoms with Crippen molar-refractivity contribution in [3.63, 3.8) is 0 Å². The first kappa shape index (κ1) is 12.0. The molecule has 0 heterocycles. The highest BCUT2D eigenvalue weighted by Gasteiger charge is 2.17. The monoisotopic (exact) mass is 197 g/mol. The summed E-state index contributed by atoms with van der Waals surface area (Å²) < 4.78 is 0. The van der Waals surface area contributed by atoms with E-state index in [2.05, 4.69) is 13.8 Å². The van der Waals surface area contributed by atoms with Gasteiger partial charge in [-0.05, 0) is 24.7 Å². The van der Waals surface area contributed by atoms with Crippen LogP contribution in [-0.2, 0) is 0 Å². The van der Waals surface area contributed by atoms with Crippen LogP contribution in [0.15, 0.2) is 0 Å². The van der Waals surface area contributed by atoms with Crippen molar-refractivity contribution >= 4 is 0 Å². The summed E-state index contributed by atoms with van der Waals surface area (Å²) >= 11 is 0. The van der Waals surface area contributed by atoms with Crippen LogP contribution >= 0.6 is 0 Å². The molecule has 0 radical (unpaired) electrons. The summed E-state index contributed by atoms with van der Waals surface area (Å²) in [6.45, 7) is 4.59. The van der Waals surface area contributed by atoms with Crippen LogP contribution in [-0.4, -0.2) is 6.04 Å². The zero-order valence-electron chi connectivity index (χ0n) is 9.97. The van der Waals surface area contributed by atoms with Gasteiger partial charge in [0.05, 0.1) is 0 Å². The molecule has 1 unspecified atom stereocenters. The lowest BCUT2D eigenvalue weighted by molar-refractivity contribution is 0.407. The quantitative estimate of drug-likeness (QED) is 0.690. The summed E-state index contributed by atoms with van der Waals surface area (Å²) in [6.07, 6.45) is 11.0. The molecule has 1 heteroatoms. The third-order valence-corrected chi connectivity index (χ3v) is 3.47. The molecule has 0 bridgehead atoms. The molecule has 1 aliphatic carbocycles. The Bertz CT molecular complexity index is 136. The highest BCUT2D eigenvalue weighted by atomic mass is 14.6. The van der Waals surface area contributed by atoms with Gasteiger partial charge in [-0.1, -0.05) is 52.4 Å². The Labute approximate surface area is 89.5 Å². The van der Waals surface area contributed by atoms with Crippen molar-refractivity contribution in [3.8, 4) is 0 Å². The average molecular weight is 197 g/mol. The van der Waals surface area contributed by atoms with E-state index in [0.29, 0.717) is 6.04 Å². The molecule has 0 aliphatic heterocycles. The number of hydrogen-bond acceptors (Lipinski definition) is 1. The van der Waals surface area contributed by atoms with Crippen LogP contribution < -0.4 is 5.73 Å². The fraction of sp³-hybridized carbons (Fsp3) is 1.00. The van der Waals surface area contributed by atoms with Gasteiger partial charge in [0.25, 0.3) is 0 Å². The Balaban J connectivity index is 2.00. The smallest absolute Gasteiger partial charge is 0.00414 e.